The smallest absolute Gasteiger partial charge is 0.372 e. The molecule has 10 heteroatoms. The first kappa shape index (κ1) is 20.7. The third kappa shape index (κ3) is 5.68. The first-order valence-electron chi connectivity index (χ1n) is 8.15. The Morgan fingerprint density at radius 1 is 1.31 bits per heavy atom. The number of nitrogens with zero attached hydrogens (tertiary/aromatic N) is 1. The van der Waals surface area contributed by atoms with Gasteiger partial charge in [0, 0.05) is 31.8 Å². The fourth-order valence-corrected chi connectivity index (χ4v) is 3.97. The molecule has 0 radical (unpaired) electrons. The van der Waals surface area contributed by atoms with Crippen molar-refractivity contribution in [2.75, 3.05) is 31.2 Å². The number of hydrogen-bond donors (Lipinski definition) is 1. The van der Waals surface area contributed by atoms with Gasteiger partial charge in [0.1, 0.15) is 6.61 Å². The molecule has 1 aromatic rings. The Labute approximate surface area is 150 Å². The number of amides is 1. The summed E-state index contributed by atoms with van der Waals surface area (Å²) in [6, 6.07) is 4.65. The molecule has 0 aromatic heterocycles. The molecule has 6 nitrogen and oxygen atoms in total. The van der Waals surface area contributed by atoms with E-state index in [9.17, 15) is 26.4 Å². The van der Waals surface area contributed by atoms with Gasteiger partial charge < -0.3 is 9.64 Å². The van der Waals surface area contributed by atoms with E-state index in [1.54, 1.807) is 24.0 Å². The number of hydrogen-bond acceptors (Lipinski definition) is 4. The molecule has 1 fully saturated rings. The number of benzene rings is 1. The summed E-state index contributed by atoms with van der Waals surface area (Å²) in [6.45, 7) is 0.657. The lowest BCUT2D eigenvalue weighted by atomic mass is 10.2. The molecule has 0 saturated carbocycles. The van der Waals surface area contributed by atoms with Crippen molar-refractivity contribution in [2.45, 2.75) is 37.3 Å². The van der Waals surface area contributed by atoms with E-state index in [1.807, 2.05) is 0 Å². The molecule has 1 amide bonds. The Kier molecular flexibility index (Phi) is 6.64. The van der Waals surface area contributed by atoms with Gasteiger partial charge in [0.15, 0.2) is 0 Å². The molecule has 1 N–H and O–H groups in total. The number of aryl methyl sites for hydroxylation is 1. The van der Waals surface area contributed by atoms with Crippen LogP contribution in [0, 0.1) is 6.92 Å². The SMILES string of the molecule is Cc1cc(N2CCCC2=O)ccc1S(=O)(=O)NCCCOCC(F)(F)F. The Bertz CT molecular complexity index is 750. The molecule has 1 aromatic carbocycles. The van der Waals surface area contributed by atoms with Crippen molar-refractivity contribution >= 4 is 21.6 Å². The molecule has 0 bridgehead atoms. The van der Waals surface area contributed by atoms with Gasteiger partial charge in [-0.05, 0) is 43.5 Å². The largest absolute Gasteiger partial charge is 0.411 e. The summed E-state index contributed by atoms with van der Waals surface area (Å²) in [4.78, 5) is 13.5. The zero-order valence-corrected chi connectivity index (χ0v) is 15.1. The minimum atomic E-state index is -4.39. The predicted molar refractivity (Wildman–Crippen MR) is 89.4 cm³/mol. The van der Waals surface area contributed by atoms with Crippen LogP contribution in [0.4, 0.5) is 18.9 Å². The lowest BCUT2D eigenvalue weighted by Crippen LogP contribution is -2.27. The molecule has 0 atom stereocenters. The number of anilines is 1. The van der Waals surface area contributed by atoms with Gasteiger partial charge >= 0.3 is 6.18 Å². The maximum Gasteiger partial charge on any atom is 0.411 e. The molecule has 1 aliphatic rings. The van der Waals surface area contributed by atoms with Crippen molar-refractivity contribution < 1.29 is 31.1 Å². The van der Waals surface area contributed by atoms with Gasteiger partial charge in [-0.15, -0.1) is 0 Å². The minimum Gasteiger partial charge on any atom is -0.372 e. The molecule has 1 aliphatic heterocycles. The summed E-state index contributed by atoms with van der Waals surface area (Å²) in [5.41, 5.74) is 1.15. The number of ether oxygens (including phenoxy) is 1. The van der Waals surface area contributed by atoms with Crippen LogP contribution in [0.5, 0.6) is 0 Å². The fourth-order valence-electron chi connectivity index (χ4n) is 2.67. The van der Waals surface area contributed by atoms with Gasteiger partial charge in [-0.2, -0.15) is 13.2 Å². The number of halogens is 3. The van der Waals surface area contributed by atoms with Crippen LogP contribution in [-0.4, -0.2) is 46.8 Å². The summed E-state index contributed by atoms with van der Waals surface area (Å²) in [5, 5.41) is 0. The van der Waals surface area contributed by atoms with Crippen LogP contribution in [0.3, 0.4) is 0 Å². The van der Waals surface area contributed by atoms with Gasteiger partial charge in [-0.1, -0.05) is 0 Å². The molecule has 0 unspecified atom stereocenters. The average Bonchev–Trinajstić information content (AvgIpc) is 2.95. The van der Waals surface area contributed by atoms with E-state index in [0.717, 1.165) is 6.42 Å². The average molecular weight is 394 g/mol. The fraction of sp³-hybridized carbons (Fsp3) is 0.562. The summed E-state index contributed by atoms with van der Waals surface area (Å²) < 4.78 is 67.2. The molecule has 1 saturated heterocycles. The van der Waals surface area contributed by atoms with E-state index in [0.29, 0.717) is 24.2 Å². The van der Waals surface area contributed by atoms with Crippen LogP contribution in [0.2, 0.25) is 0 Å². The number of carbonyl (C=O) groups is 1. The number of rotatable bonds is 8. The van der Waals surface area contributed by atoms with E-state index in [2.05, 4.69) is 9.46 Å². The van der Waals surface area contributed by atoms with E-state index in [-0.39, 0.29) is 30.4 Å². The second-order valence-electron chi connectivity index (χ2n) is 6.02. The van der Waals surface area contributed by atoms with Gasteiger partial charge in [0.05, 0.1) is 4.90 Å². The van der Waals surface area contributed by atoms with Crippen molar-refractivity contribution in [1.29, 1.82) is 0 Å². The van der Waals surface area contributed by atoms with Crippen LogP contribution in [0.1, 0.15) is 24.8 Å². The van der Waals surface area contributed by atoms with Crippen LogP contribution in [0.25, 0.3) is 0 Å². The first-order valence-corrected chi connectivity index (χ1v) is 9.64. The Hall–Kier alpha value is -1.65. The van der Waals surface area contributed by atoms with Crippen molar-refractivity contribution in [3.63, 3.8) is 0 Å². The van der Waals surface area contributed by atoms with Crippen molar-refractivity contribution in [2.24, 2.45) is 0 Å². The summed E-state index contributed by atoms with van der Waals surface area (Å²) in [7, 11) is -3.79. The van der Waals surface area contributed by atoms with Gasteiger partial charge in [-0.25, -0.2) is 13.1 Å². The molecular formula is C16H21F3N2O4S. The van der Waals surface area contributed by atoms with Crippen molar-refractivity contribution in [1.82, 2.24) is 4.72 Å². The third-order valence-corrected chi connectivity index (χ3v) is 5.48. The van der Waals surface area contributed by atoms with E-state index < -0.39 is 22.8 Å². The second-order valence-corrected chi connectivity index (χ2v) is 7.75. The summed E-state index contributed by atoms with van der Waals surface area (Å²) in [5.74, 6) is 0.0111. The zero-order chi connectivity index (χ0) is 19.4. The Morgan fingerprint density at radius 3 is 2.62 bits per heavy atom. The summed E-state index contributed by atoms with van der Waals surface area (Å²) >= 11 is 0. The van der Waals surface area contributed by atoms with E-state index in [1.165, 1.54) is 6.07 Å². The number of sulfonamides is 1. The topological polar surface area (TPSA) is 75.7 Å². The number of carbonyl (C=O) groups excluding carboxylic acids is 1. The normalized spacial score (nSPS) is 15.7. The van der Waals surface area contributed by atoms with Crippen LogP contribution in [0.15, 0.2) is 23.1 Å². The standard InChI is InChI=1S/C16H21F3N2O4S/c1-12-10-13(21-8-2-4-15(21)22)5-6-14(12)26(23,24)20-7-3-9-25-11-16(17,18)19/h5-6,10,20H,2-4,7-9,11H2,1H3. The highest BCUT2D eigenvalue weighted by Gasteiger charge is 2.27. The minimum absolute atomic E-state index is 0.0111. The lowest BCUT2D eigenvalue weighted by molar-refractivity contribution is -0.173. The van der Waals surface area contributed by atoms with E-state index in [4.69, 9.17) is 0 Å². The molecular weight excluding hydrogens is 373 g/mol. The van der Waals surface area contributed by atoms with Crippen LogP contribution < -0.4 is 9.62 Å². The third-order valence-electron chi connectivity index (χ3n) is 3.86. The first-order chi connectivity index (χ1) is 12.1. The maximum atomic E-state index is 12.3. The number of alkyl halides is 3. The van der Waals surface area contributed by atoms with Gasteiger partial charge in [0.25, 0.3) is 0 Å². The predicted octanol–water partition coefficient (Wildman–Crippen LogP) is 2.37. The molecule has 0 aliphatic carbocycles. The molecule has 0 spiro atoms. The van der Waals surface area contributed by atoms with Gasteiger partial charge in [0.2, 0.25) is 15.9 Å². The molecule has 146 valence electrons. The van der Waals surface area contributed by atoms with Crippen molar-refractivity contribution in [3.05, 3.63) is 23.8 Å². The van der Waals surface area contributed by atoms with Crippen LogP contribution >= 0.6 is 0 Å². The zero-order valence-electron chi connectivity index (χ0n) is 14.3. The molecule has 2 rings (SSSR count). The van der Waals surface area contributed by atoms with Gasteiger partial charge in [-0.3, -0.25) is 4.79 Å². The van der Waals surface area contributed by atoms with Crippen LogP contribution in [-0.2, 0) is 19.6 Å². The highest BCUT2D eigenvalue weighted by atomic mass is 32.2. The maximum absolute atomic E-state index is 12.3. The Balaban J connectivity index is 1.91. The van der Waals surface area contributed by atoms with Crippen molar-refractivity contribution in [3.8, 4) is 0 Å². The molecule has 26 heavy (non-hydrogen) atoms. The summed E-state index contributed by atoms with van der Waals surface area (Å²) in [6.07, 6.45) is -3.02. The lowest BCUT2D eigenvalue weighted by Gasteiger charge is -2.17. The highest BCUT2D eigenvalue weighted by molar-refractivity contribution is 7.89. The second kappa shape index (κ2) is 8.36. The Morgan fingerprint density at radius 2 is 2.04 bits per heavy atom. The highest BCUT2D eigenvalue weighted by Crippen LogP contribution is 2.25. The number of nitrogens with one attached hydrogen (secondary N) is 1. The monoisotopic (exact) mass is 394 g/mol. The quantitative estimate of drug-likeness (QED) is 0.687. The molecule has 1 heterocycles. The van der Waals surface area contributed by atoms with E-state index >= 15 is 0 Å².